The molecule has 164 valence electrons. The van der Waals surface area contributed by atoms with Crippen molar-refractivity contribution in [2.75, 3.05) is 23.4 Å². The van der Waals surface area contributed by atoms with Gasteiger partial charge in [-0.1, -0.05) is 30.3 Å². The smallest absolute Gasteiger partial charge is 0.232 e. The van der Waals surface area contributed by atoms with Crippen molar-refractivity contribution in [2.45, 2.75) is 37.6 Å². The number of nitrogens with zero attached hydrogens (tertiary/aromatic N) is 1. The molecule has 2 aromatic carbocycles. The minimum absolute atomic E-state index is 0.170. The van der Waals surface area contributed by atoms with Gasteiger partial charge in [0.25, 0.3) is 0 Å². The number of hydrogen-bond donors (Lipinski definition) is 1. The largest absolute Gasteiger partial charge is 0.350 e. The van der Waals surface area contributed by atoms with Crippen LogP contribution in [0.2, 0.25) is 0 Å². The van der Waals surface area contributed by atoms with E-state index in [1.807, 2.05) is 26.0 Å². The van der Waals surface area contributed by atoms with E-state index in [0.717, 1.165) is 23.6 Å². The molecule has 1 amide bonds. The highest BCUT2D eigenvalue weighted by Crippen LogP contribution is 2.22. The molecule has 0 fully saturated rings. The standard InChI is InChI=1S/C21H28N2O5S2/c1-16-8-5-6-9-20(16)23(30(4,27)28)15-7-10-21(24)22-17(2)18-11-13-19(14-12-18)29(3,25)26/h5-6,8-9,11-14,17H,7,10,15H2,1-4H3,(H,22,24)/t17-/m0/s1. The number of anilines is 1. The number of benzene rings is 2. The van der Waals surface area contributed by atoms with Crippen LogP contribution in [-0.4, -0.2) is 41.8 Å². The number of sulfone groups is 1. The summed E-state index contributed by atoms with van der Waals surface area (Å²) in [5, 5.41) is 2.86. The average molecular weight is 453 g/mol. The molecule has 0 unspecified atom stereocenters. The predicted octanol–water partition coefficient (Wildman–Crippen LogP) is 2.82. The second kappa shape index (κ2) is 9.61. The van der Waals surface area contributed by atoms with Crippen molar-refractivity contribution in [1.29, 1.82) is 0 Å². The summed E-state index contributed by atoms with van der Waals surface area (Å²) in [5.74, 6) is -0.201. The van der Waals surface area contributed by atoms with Crippen LogP contribution in [0.4, 0.5) is 5.69 Å². The Morgan fingerprint density at radius 3 is 2.13 bits per heavy atom. The Labute approximate surface area is 179 Å². The normalized spacial score (nSPS) is 12.9. The van der Waals surface area contributed by atoms with Crippen LogP contribution < -0.4 is 9.62 Å². The highest BCUT2D eigenvalue weighted by atomic mass is 32.2. The summed E-state index contributed by atoms with van der Waals surface area (Å²) in [4.78, 5) is 12.5. The highest BCUT2D eigenvalue weighted by Gasteiger charge is 2.19. The Bertz CT molecular complexity index is 1090. The third kappa shape index (κ3) is 6.56. The first-order valence-corrected chi connectivity index (χ1v) is 13.3. The number of amides is 1. The maximum absolute atomic E-state index is 12.3. The lowest BCUT2D eigenvalue weighted by Crippen LogP contribution is -2.33. The van der Waals surface area contributed by atoms with E-state index in [9.17, 15) is 21.6 Å². The molecular formula is C21H28N2O5S2. The molecule has 30 heavy (non-hydrogen) atoms. The number of rotatable bonds is 9. The van der Waals surface area contributed by atoms with Crippen LogP contribution in [0.15, 0.2) is 53.4 Å². The van der Waals surface area contributed by atoms with Gasteiger partial charge in [-0.25, -0.2) is 16.8 Å². The van der Waals surface area contributed by atoms with Crippen molar-refractivity contribution in [1.82, 2.24) is 5.32 Å². The molecule has 0 bridgehead atoms. The van der Waals surface area contributed by atoms with E-state index >= 15 is 0 Å². The van der Waals surface area contributed by atoms with Gasteiger partial charge in [-0.3, -0.25) is 9.10 Å². The molecule has 0 radical (unpaired) electrons. The molecule has 2 aromatic rings. The van der Waals surface area contributed by atoms with E-state index in [2.05, 4.69) is 5.32 Å². The van der Waals surface area contributed by atoms with Gasteiger partial charge in [0.05, 0.1) is 22.9 Å². The Morgan fingerprint density at radius 2 is 1.60 bits per heavy atom. The van der Waals surface area contributed by atoms with Gasteiger partial charge in [-0.2, -0.15) is 0 Å². The molecule has 9 heteroatoms. The number of aryl methyl sites for hydroxylation is 1. The van der Waals surface area contributed by atoms with Crippen molar-refractivity contribution >= 4 is 31.5 Å². The SMILES string of the molecule is Cc1ccccc1N(CCCC(=O)N[C@@H](C)c1ccc(S(C)(=O)=O)cc1)S(C)(=O)=O. The van der Waals surface area contributed by atoms with E-state index in [-0.39, 0.29) is 29.8 Å². The van der Waals surface area contributed by atoms with Crippen molar-refractivity contribution in [3.05, 3.63) is 59.7 Å². The van der Waals surface area contributed by atoms with Gasteiger partial charge in [0.2, 0.25) is 15.9 Å². The second-order valence-corrected chi connectivity index (χ2v) is 11.3. The summed E-state index contributed by atoms with van der Waals surface area (Å²) in [6.45, 7) is 3.86. The molecule has 0 saturated heterocycles. The van der Waals surface area contributed by atoms with E-state index in [4.69, 9.17) is 0 Å². The molecular weight excluding hydrogens is 424 g/mol. The van der Waals surface area contributed by atoms with Crippen LogP contribution in [0.25, 0.3) is 0 Å². The summed E-state index contributed by atoms with van der Waals surface area (Å²) in [6, 6.07) is 13.3. The molecule has 0 aliphatic rings. The summed E-state index contributed by atoms with van der Waals surface area (Å²) >= 11 is 0. The lowest BCUT2D eigenvalue weighted by atomic mass is 10.1. The Morgan fingerprint density at radius 1 is 1.00 bits per heavy atom. The summed E-state index contributed by atoms with van der Waals surface area (Å²) < 4.78 is 48.8. The first kappa shape index (κ1) is 23.9. The van der Waals surface area contributed by atoms with Gasteiger partial charge >= 0.3 is 0 Å². The number of carbonyl (C=O) groups excluding carboxylic acids is 1. The van der Waals surface area contributed by atoms with Crippen LogP contribution in [0.1, 0.15) is 36.9 Å². The van der Waals surface area contributed by atoms with Gasteiger partial charge in [0, 0.05) is 19.2 Å². The molecule has 0 saturated carbocycles. The summed E-state index contributed by atoms with van der Waals surface area (Å²) in [5.41, 5.74) is 2.24. The van der Waals surface area contributed by atoms with Gasteiger partial charge < -0.3 is 5.32 Å². The predicted molar refractivity (Wildman–Crippen MR) is 119 cm³/mol. The highest BCUT2D eigenvalue weighted by molar-refractivity contribution is 7.92. The average Bonchev–Trinajstić information content (AvgIpc) is 2.64. The molecule has 0 heterocycles. The summed E-state index contributed by atoms with van der Waals surface area (Å²) in [6.07, 6.45) is 2.84. The van der Waals surface area contributed by atoms with Crippen LogP contribution in [0.5, 0.6) is 0 Å². The fourth-order valence-electron chi connectivity index (χ4n) is 3.09. The third-order valence-corrected chi connectivity index (χ3v) is 7.04. The molecule has 0 aliphatic heterocycles. The van der Waals surface area contributed by atoms with E-state index in [1.54, 1.807) is 24.3 Å². The molecule has 7 nitrogen and oxygen atoms in total. The maximum Gasteiger partial charge on any atom is 0.232 e. The molecule has 1 N–H and O–H groups in total. The van der Waals surface area contributed by atoms with Crippen LogP contribution >= 0.6 is 0 Å². The summed E-state index contributed by atoms with van der Waals surface area (Å²) in [7, 11) is -6.74. The topological polar surface area (TPSA) is 101 Å². The first-order chi connectivity index (χ1) is 13.9. The lowest BCUT2D eigenvalue weighted by Gasteiger charge is -2.24. The quantitative estimate of drug-likeness (QED) is 0.631. The fourth-order valence-corrected chi connectivity index (χ4v) is 4.75. The Balaban J connectivity index is 1.95. The van der Waals surface area contributed by atoms with Crippen molar-refractivity contribution in [2.24, 2.45) is 0 Å². The van der Waals surface area contributed by atoms with Crippen molar-refractivity contribution in [3.63, 3.8) is 0 Å². The van der Waals surface area contributed by atoms with Crippen molar-refractivity contribution in [3.8, 4) is 0 Å². The molecule has 0 aromatic heterocycles. The molecule has 0 spiro atoms. The number of hydrogen-bond acceptors (Lipinski definition) is 5. The number of para-hydroxylation sites is 1. The lowest BCUT2D eigenvalue weighted by molar-refractivity contribution is -0.121. The minimum Gasteiger partial charge on any atom is -0.350 e. The zero-order valence-electron chi connectivity index (χ0n) is 17.6. The van der Waals surface area contributed by atoms with Gasteiger partial charge in [-0.05, 0) is 49.6 Å². The van der Waals surface area contributed by atoms with Gasteiger partial charge in [0.1, 0.15) is 0 Å². The van der Waals surface area contributed by atoms with Gasteiger partial charge in [-0.15, -0.1) is 0 Å². The van der Waals surface area contributed by atoms with E-state index in [1.165, 1.54) is 16.4 Å². The number of nitrogens with one attached hydrogen (secondary N) is 1. The fraction of sp³-hybridized carbons (Fsp3) is 0.381. The number of sulfonamides is 1. The van der Waals surface area contributed by atoms with Crippen molar-refractivity contribution < 1.29 is 21.6 Å². The van der Waals surface area contributed by atoms with Crippen LogP contribution in [0, 0.1) is 6.92 Å². The second-order valence-electron chi connectivity index (χ2n) is 7.36. The van der Waals surface area contributed by atoms with Crippen LogP contribution in [0.3, 0.4) is 0 Å². The first-order valence-electron chi connectivity index (χ1n) is 9.52. The minimum atomic E-state index is -3.47. The zero-order chi connectivity index (χ0) is 22.5. The molecule has 0 aliphatic carbocycles. The van der Waals surface area contributed by atoms with Crippen LogP contribution in [-0.2, 0) is 24.7 Å². The Hall–Kier alpha value is -2.39. The maximum atomic E-state index is 12.3. The van der Waals surface area contributed by atoms with Gasteiger partial charge in [0.15, 0.2) is 9.84 Å². The Kier molecular flexibility index (Phi) is 7.65. The molecule has 2 rings (SSSR count). The molecule has 1 atom stereocenters. The number of carbonyl (C=O) groups is 1. The zero-order valence-corrected chi connectivity index (χ0v) is 19.3. The monoisotopic (exact) mass is 452 g/mol. The van der Waals surface area contributed by atoms with E-state index < -0.39 is 19.9 Å². The van der Waals surface area contributed by atoms with E-state index in [0.29, 0.717) is 12.1 Å². The third-order valence-electron chi connectivity index (χ3n) is 4.74.